The minimum atomic E-state index is -0.713. The van der Waals surface area contributed by atoms with Crippen LogP contribution in [0.15, 0.2) is 158 Å². The lowest BCUT2D eigenvalue weighted by Gasteiger charge is -2.39. The number of hydrogen-bond acceptors (Lipinski definition) is 5. The number of rotatable bonds is 2. The van der Waals surface area contributed by atoms with Gasteiger partial charge in [-0.25, -0.2) is 0 Å². The van der Waals surface area contributed by atoms with Crippen LogP contribution in [-0.2, 0) is 5.41 Å². The third-order valence-corrected chi connectivity index (χ3v) is 11.7. The molecule has 0 N–H and O–H groups in total. The summed E-state index contributed by atoms with van der Waals surface area (Å²) in [5, 5.41) is 23.9. The second kappa shape index (κ2) is 11.0. The predicted octanol–water partition coefficient (Wildman–Crippen LogP) is 10.9. The number of fused-ring (bicyclic) bond motifs is 15. The quantitative estimate of drug-likeness (QED) is 0.178. The zero-order valence-corrected chi connectivity index (χ0v) is 29.6. The maximum atomic E-state index is 10.1. The Labute approximate surface area is 320 Å². The summed E-state index contributed by atoms with van der Waals surface area (Å²) in [7, 11) is 0. The minimum absolute atomic E-state index is 0.594. The van der Waals surface area contributed by atoms with Gasteiger partial charge in [-0.05, 0) is 108 Å². The molecule has 56 heavy (non-hydrogen) atoms. The molecule has 0 fully saturated rings. The van der Waals surface area contributed by atoms with Crippen LogP contribution in [0.1, 0.15) is 33.4 Å². The van der Waals surface area contributed by atoms with E-state index >= 15 is 0 Å². The van der Waals surface area contributed by atoms with Gasteiger partial charge >= 0.3 is 0 Å². The number of para-hydroxylation sites is 2. The van der Waals surface area contributed by atoms with Gasteiger partial charge in [0.1, 0.15) is 11.5 Å². The zero-order valence-electron chi connectivity index (χ0n) is 29.6. The van der Waals surface area contributed by atoms with Gasteiger partial charge in [0.25, 0.3) is 0 Å². The molecule has 4 aromatic heterocycles. The second-order valence-corrected chi connectivity index (χ2v) is 14.4. The van der Waals surface area contributed by atoms with Crippen molar-refractivity contribution in [1.29, 1.82) is 10.5 Å². The molecule has 12 rings (SSSR count). The third kappa shape index (κ3) is 3.83. The maximum absolute atomic E-state index is 10.1. The van der Waals surface area contributed by atoms with E-state index < -0.39 is 5.41 Å². The smallest absolute Gasteiger partial charge is 0.132 e. The summed E-state index contributed by atoms with van der Waals surface area (Å²) in [6.07, 6.45) is 3.67. The fraction of sp³-hybridized carbons (Fsp3) is 0.0204. The van der Waals surface area contributed by atoms with Crippen LogP contribution < -0.4 is 4.74 Å². The van der Waals surface area contributed by atoms with Crippen LogP contribution in [0.3, 0.4) is 0 Å². The van der Waals surface area contributed by atoms with Gasteiger partial charge in [0.05, 0.1) is 62.1 Å². The van der Waals surface area contributed by atoms with Crippen LogP contribution in [0.5, 0.6) is 11.5 Å². The number of hydrogen-bond donors (Lipinski definition) is 0. The summed E-state index contributed by atoms with van der Waals surface area (Å²) in [6, 6.07) is 54.4. The Kier molecular flexibility index (Phi) is 5.99. The topological polar surface area (TPSA) is 92.5 Å². The van der Waals surface area contributed by atoms with Gasteiger partial charge < -0.3 is 13.9 Å². The summed E-state index contributed by atoms with van der Waals surface area (Å²) < 4.78 is 11.3. The Morgan fingerprint density at radius 1 is 0.446 bits per heavy atom. The van der Waals surface area contributed by atoms with E-state index in [1.165, 1.54) is 0 Å². The third-order valence-electron chi connectivity index (χ3n) is 11.7. The van der Waals surface area contributed by atoms with Crippen LogP contribution >= 0.6 is 0 Å². The molecule has 7 heteroatoms. The number of nitriles is 2. The number of ether oxygens (including phenoxy) is 1. The van der Waals surface area contributed by atoms with E-state index in [4.69, 9.17) is 14.7 Å². The fourth-order valence-electron chi connectivity index (χ4n) is 9.51. The van der Waals surface area contributed by atoms with E-state index in [1.54, 1.807) is 0 Å². The monoisotopic (exact) mass is 714 g/mol. The second-order valence-electron chi connectivity index (χ2n) is 14.4. The van der Waals surface area contributed by atoms with Gasteiger partial charge in [-0.1, -0.05) is 48.5 Å². The molecule has 258 valence electrons. The Balaban J connectivity index is 1.14. The molecule has 1 aliphatic carbocycles. The lowest BCUT2D eigenvalue weighted by atomic mass is 9.66. The normalized spacial score (nSPS) is 13.2. The Morgan fingerprint density at radius 3 is 1.66 bits per heavy atom. The summed E-state index contributed by atoms with van der Waals surface area (Å²) >= 11 is 0. The first-order chi connectivity index (χ1) is 27.7. The van der Waals surface area contributed by atoms with Crippen LogP contribution in [-0.4, -0.2) is 19.1 Å². The standard InChI is InChI=1S/C49H26N6O/c50-27-29-13-17-42-34(23-29)33-7-1-3-11-41(33)54(42)31-15-19-44-36(25-31)35-24-30(28-51)14-18-43(35)55(44)32-16-20-46-40(26-32)49(37-8-2-4-12-45(37)56-46)38-9-5-21-52-47(38)48-39(49)10-6-22-53-48/h1-26H. The molecule has 2 aliphatic rings. The highest BCUT2D eigenvalue weighted by molar-refractivity contribution is 6.12. The average molecular weight is 715 g/mol. The van der Waals surface area contributed by atoms with Gasteiger partial charge in [0, 0.05) is 56.4 Å². The van der Waals surface area contributed by atoms with Crippen molar-refractivity contribution >= 4 is 43.6 Å². The summed E-state index contributed by atoms with van der Waals surface area (Å²) in [5.74, 6) is 1.58. The summed E-state index contributed by atoms with van der Waals surface area (Å²) in [6.45, 7) is 0. The molecule has 7 nitrogen and oxygen atoms in total. The first-order valence-electron chi connectivity index (χ1n) is 18.4. The van der Waals surface area contributed by atoms with Crippen molar-refractivity contribution in [3.63, 3.8) is 0 Å². The lowest BCUT2D eigenvalue weighted by Crippen LogP contribution is -2.32. The van der Waals surface area contributed by atoms with Gasteiger partial charge in [-0.2, -0.15) is 10.5 Å². The molecule has 0 bridgehead atoms. The van der Waals surface area contributed by atoms with Crippen molar-refractivity contribution in [2.24, 2.45) is 0 Å². The fourth-order valence-corrected chi connectivity index (χ4v) is 9.51. The van der Waals surface area contributed by atoms with Crippen LogP contribution in [0.4, 0.5) is 0 Å². The highest BCUT2D eigenvalue weighted by Gasteiger charge is 2.52. The number of benzene rings is 6. The van der Waals surface area contributed by atoms with E-state index in [-0.39, 0.29) is 0 Å². The van der Waals surface area contributed by atoms with Crippen LogP contribution in [0.25, 0.3) is 66.4 Å². The average Bonchev–Trinajstić information content (AvgIpc) is 3.87. The van der Waals surface area contributed by atoms with Crippen LogP contribution in [0, 0.1) is 22.7 Å². The van der Waals surface area contributed by atoms with Crippen molar-refractivity contribution in [3.8, 4) is 46.4 Å². The number of pyridine rings is 2. The molecule has 0 saturated carbocycles. The molecule has 0 unspecified atom stereocenters. The zero-order chi connectivity index (χ0) is 37.1. The van der Waals surface area contributed by atoms with Gasteiger partial charge in [0.2, 0.25) is 0 Å². The van der Waals surface area contributed by atoms with Crippen molar-refractivity contribution in [2.45, 2.75) is 5.41 Å². The van der Waals surface area contributed by atoms with E-state index in [9.17, 15) is 10.5 Å². The first kappa shape index (κ1) is 30.5. The van der Waals surface area contributed by atoms with Crippen molar-refractivity contribution in [1.82, 2.24) is 19.1 Å². The van der Waals surface area contributed by atoms with E-state index in [0.717, 1.165) is 100 Å². The van der Waals surface area contributed by atoms with E-state index in [1.807, 2.05) is 85.2 Å². The van der Waals surface area contributed by atoms with Crippen molar-refractivity contribution < 1.29 is 4.74 Å². The Hall–Kier alpha value is -8.00. The number of nitrogens with zero attached hydrogens (tertiary/aromatic N) is 6. The van der Waals surface area contributed by atoms with Crippen molar-refractivity contribution in [3.05, 3.63) is 191 Å². The molecule has 0 amide bonds. The molecular formula is C49H26N6O. The molecule has 1 aliphatic heterocycles. The lowest BCUT2D eigenvalue weighted by molar-refractivity contribution is 0.436. The van der Waals surface area contributed by atoms with Gasteiger partial charge in [-0.3, -0.25) is 9.97 Å². The Bertz CT molecular complexity index is 3400. The molecule has 10 aromatic rings. The molecular weight excluding hydrogens is 689 g/mol. The molecule has 0 atom stereocenters. The van der Waals surface area contributed by atoms with E-state index in [2.05, 4.69) is 94.1 Å². The predicted molar refractivity (Wildman–Crippen MR) is 218 cm³/mol. The SMILES string of the molecule is N#Cc1ccc2c(c1)c1ccccc1n2-c1ccc2c(c1)c1cc(C#N)ccc1n2-c1ccc2c(c1)C1(c3ccccc3O2)c2cccnc2-c2ncccc21. The highest BCUT2D eigenvalue weighted by atomic mass is 16.5. The van der Waals surface area contributed by atoms with Crippen molar-refractivity contribution in [2.75, 3.05) is 0 Å². The molecule has 1 spiro atoms. The van der Waals surface area contributed by atoms with Gasteiger partial charge in [-0.15, -0.1) is 0 Å². The summed E-state index contributed by atoms with van der Waals surface area (Å²) in [4.78, 5) is 9.78. The molecule has 0 radical (unpaired) electrons. The summed E-state index contributed by atoms with van der Waals surface area (Å²) in [5.41, 5.74) is 12.5. The number of aromatic nitrogens is 4. The first-order valence-corrected chi connectivity index (χ1v) is 18.4. The molecule has 5 heterocycles. The highest BCUT2D eigenvalue weighted by Crippen LogP contribution is 2.61. The van der Waals surface area contributed by atoms with E-state index in [0.29, 0.717) is 11.1 Å². The minimum Gasteiger partial charge on any atom is -0.457 e. The largest absolute Gasteiger partial charge is 0.457 e. The maximum Gasteiger partial charge on any atom is 0.132 e. The molecule has 6 aromatic carbocycles. The van der Waals surface area contributed by atoms with Gasteiger partial charge in [0.15, 0.2) is 0 Å². The molecule has 0 saturated heterocycles. The van der Waals surface area contributed by atoms with Crippen LogP contribution in [0.2, 0.25) is 0 Å². The Morgan fingerprint density at radius 2 is 0.964 bits per heavy atom.